The molecule has 0 amide bonds. The first kappa shape index (κ1) is 8.32. The van der Waals surface area contributed by atoms with E-state index in [1.165, 1.54) is 11.1 Å². The molecular weight excluding hydrogens is 132 g/mol. The average molecular weight is 147 g/mol. The van der Waals surface area contributed by atoms with E-state index in [-0.39, 0.29) is 0 Å². The van der Waals surface area contributed by atoms with Gasteiger partial charge in [-0.1, -0.05) is 32.0 Å². The van der Waals surface area contributed by atoms with Gasteiger partial charge in [0.2, 0.25) is 0 Å². The molecule has 0 unspecified atom stereocenters. The third-order valence-corrected chi connectivity index (χ3v) is 2.04. The van der Waals surface area contributed by atoms with Crippen LogP contribution in [-0.2, 0) is 0 Å². The largest absolute Gasteiger partial charge is 0.0588 e. The van der Waals surface area contributed by atoms with Crippen molar-refractivity contribution >= 4 is 0 Å². The summed E-state index contributed by atoms with van der Waals surface area (Å²) >= 11 is 0. The van der Waals surface area contributed by atoms with E-state index in [2.05, 4.69) is 45.9 Å². The Morgan fingerprint density at radius 1 is 1.27 bits per heavy atom. The minimum absolute atomic E-state index is 0.607. The van der Waals surface area contributed by atoms with E-state index in [0.29, 0.717) is 5.92 Å². The van der Waals surface area contributed by atoms with Crippen LogP contribution >= 0.6 is 0 Å². The zero-order valence-electron chi connectivity index (χ0n) is 7.52. The number of hydrogen-bond acceptors (Lipinski definition) is 0. The van der Waals surface area contributed by atoms with Crippen molar-refractivity contribution < 1.29 is 0 Å². The summed E-state index contributed by atoms with van der Waals surface area (Å²) < 4.78 is 0. The second-order valence-corrected chi connectivity index (χ2v) is 3.34. The fraction of sp³-hybridized carbons (Fsp3) is 0.364. The number of rotatable bonds is 1. The fourth-order valence-corrected chi connectivity index (χ4v) is 1.05. The Kier molecular flexibility index (Phi) is 2.33. The fourth-order valence-electron chi connectivity index (χ4n) is 1.05. The van der Waals surface area contributed by atoms with Crippen molar-refractivity contribution in [1.29, 1.82) is 0 Å². The summed E-state index contributed by atoms with van der Waals surface area (Å²) in [7, 11) is 0. The lowest BCUT2D eigenvalue weighted by atomic mass is 9.99. The van der Waals surface area contributed by atoms with Gasteiger partial charge in [-0.3, -0.25) is 0 Å². The van der Waals surface area contributed by atoms with Crippen molar-refractivity contribution in [2.75, 3.05) is 0 Å². The maximum absolute atomic E-state index is 3.96. The topological polar surface area (TPSA) is 0 Å². The second-order valence-electron chi connectivity index (χ2n) is 3.34. The monoisotopic (exact) mass is 147 g/mol. The van der Waals surface area contributed by atoms with Crippen LogP contribution in [0.1, 0.15) is 36.5 Å². The summed E-state index contributed by atoms with van der Waals surface area (Å²) in [6.45, 7) is 10.4. The highest BCUT2D eigenvalue weighted by Gasteiger charge is 1.99. The van der Waals surface area contributed by atoms with E-state index < -0.39 is 0 Å². The average Bonchev–Trinajstić information content (AvgIpc) is 1.94. The van der Waals surface area contributed by atoms with E-state index in [0.717, 1.165) is 5.56 Å². The molecule has 0 aliphatic rings. The van der Waals surface area contributed by atoms with Crippen LogP contribution in [0.3, 0.4) is 0 Å². The molecule has 0 nitrogen and oxygen atoms in total. The van der Waals surface area contributed by atoms with Crippen LogP contribution in [0.15, 0.2) is 18.2 Å². The summed E-state index contributed by atoms with van der Waals surface area (Å²) in [6.07, 6.45) is 0. The molecule has 1 rings (SSSR count). The predicted octanol–water partition coefficient (Wildman–Crippen LogP) is 3.30. The van der Waals surface area contributed by atoms with E-state index in [4.69, 9.17) is 0 Å². The molecule has 0 aromatic heterocycles. The van der Waals surface area contributed by atoms with Crippen LogP contribution in [0.5, 0.6) is 0 Å². The lowest BCUT2D eigenvalue weighted by molar-refractivity contribution is 0.865. The van der Waals surface area contributed by atoms with Gasteiger partial charge >= 0.3 is 0 Å². The van der Waals surface area contributed by atoms with Crippen LogP contribution in [0.4, 0.5) is 0 Å². The minimum Gasteiger partial charge on any atom is -0.0588 e. The van der Waals surface area contributed by atoms with E-state index >= 15 is 0 Å². The van der Waals surface area contributed by atoms with Crippen molar-refractivity contribution in [2.45, 2.75) is 26.7 Å². The van der Waals surface area contributed by atoms with Crippen molar-refractivity contribution in [3.63, 3.8) is 0 Å². The SMILES string of the molecule is [CH2]c1cc(C(C)C)ccc1C. The summed E-state index contributed by atoms with van der Waals surface area (Å²) in [5, 5.41) is 0. The van der Waals surface area contributed by atoms with Crippen LogP contribution in [0.2, 0.25) is 0 Å². The Hall–Kier alpha value is -0.780. The second kappa shape index (κ2) is 3.08. The number of benzene rings is 1. The highest BCUT2D eigenvalue weighted by Crippen LogP contribution is 2.17. The first-order valence-corrected chi connectivity index (χ1v) is 4.03. The van der Waals surface area contributed by atoms with Gasteiger partial charge in [0, 0.05) is 0 Å². The standard InChI is InChI=1S/C11H15/c1-8(2)11-6-5-9(3)10(4)7-11/h5-8H,4H2,1-3H3. The highest BCUT2D eigenvalue weighted by atomic mass is 14.0. The van der Waals surface area contributed by atoms with Crippen molar-refractivity contribution in [3.8, 4) is 0 Å². The van der Waals surface area contributed by atoms with Crippen molar-refractivity contribution in [1.82, 2.24) is 0 Å². The van der Waals surface area contributed by atoms with Crippen LogP contribution in [-0.4, -0.2) is 0 Å². The molecular formula is C11H15. The predicted molar refractivity (Wildman–Crippen MR) is 49.7 cm³/mol. The minimum atomic E-state index is 0.607. The van der Waals surface area contributed by atoms with Crippen LogP contribution in [0, 0.1) is 13.8 Å². The van der Waals surface area contributed by atoms with Crippen LogP contribution < -0.4 is 0 Å². The Morgan fingerprint density at radius 3 is 2.36 bits per heavy atom. The van der Waals surface area contributed by atoms with Gasteiger partial charge in [-0.25, -0.2) is 0 Å². The quantitative estimate of drug-likeness (QED) is 0.571. The molecule has 0 fully saturated rings. The van der Waals surface area contributed by atoms with Gasteiger partial charge in [0.25, 0.3) is 0 Å². The van der Waals surface area contributed by atoms with Gasteiger partial charge in [-0.15, -0.1) is 0 Å². The van der Waals surface area contributed by atoms with Gasteiger partial charge in [0.05, 0.1) is 0 Å². The number of hydrogen-bond donors (Lipinski definition) is 0. The zero-order valence-corrected chi connectivity index (χ0v) is 7.52. The molecule has 0 atom stereocenters. The smallest absolute Gasteiger partial charge is 0.0219 e. The molecule has 0 aliphatic carbocycles. The molecule has 0 heterocycles. The van der Waals surface area contributed by atoms with Gasteiger partial charge in [-0.2, -0.15) is 0 Å². The third kappa shape index (κ3) is 1.83. The normalized spacial score (nSPS) is 10.6. The van der Waals surface area contributed by atoms with Gasteiger partial charge in [-0.05, 0) is 36.5 Å². The molecule has 0 spiro atoms. The zero-order chi connectivity index (χ0) is 8.43. The van der Waals surface area contributed by atoms with E-state index in [1.807, 2.05) is 0 Å². The Labute approximate surface area is 69.3 Å². The maximum Gasteiger partial charge on any atom is -0.0219 e. The third-order valence-electron chi connectivity index (χ3n) is 2.04. The molecule has 0 aliphatic heterocycles. The molecule has 11 heavy (non-hydrogen) atoms. The lowest BCUT2D eigenvalue weighted by Crippen LogP contribution is -1.89. The maximum atomic E-state index is 3.96. The molecule has 1 aromatic rings. The Balaban J connectivity index is 3.05. The molecule has 0 saturated carbocycles. The van der Waals surface area contributed by atoms with Crippen molar-refractivity contribution in [2.24, 2.45) is 0 Å². The first-order chi connectivity index (χ1) is 5.11. The van der Waals surface area contributed by atoms with Gasteiger partial charge in [0.1, 0.15) is 0 Å². The van der Waals surface area contributed by atoms with Crippen molar-refractivity contribution in [3.05, 3.63) is 41.8 Å². The van der Waals surface area contributed by atoms with E-state index in [9.17, 15) is 0 Å². The lowest BCUT2D eigenvalue weighted by Gasteiger charge is -2.07. The first-order valence-electron chi connectivity index (χ1n) is 4.03. The molecule has 0 heteroatoms. The summed E-state index contributed by atoms with van der Waals surface area (Å²) in [4.78, 5) is 0. The molecule has 0 N–H and O–H groups in total. The molecule has 0 saturated heterocycles. The molecule has 1 radical (unpaired) electrons. The highest BCUT2D eigenvalue weighted by molar-refractivity contribution is 5.34. The number of aryl methyl sites for hydroxylation is 1. The summed E-state index contributed by atoms with van der Waals surface area (Å²) in [6, 6.07) is 6.48. The van der Waals surface area contributed by atoms with Gasteiger partial charge in [0.15, 0.2) is 0 Å². The Bertz CT molecular complexity index is 246. The molecule has 0 bridgehead atoms. The van der Waals surface area contributed by atoms with Gasteiger partial charge < -0.3 is 0 Å². The summed E-state index contributed by atoms with van der Waals surface area (Å²) in [5.41, 5.74) is 3.80. The van der Waals surface area contributed by atoms with Crippen LogP contribution in [0.25, 0.3) is 0 Å². The summed E-state index contributed by atoms with van der Waals surface area (Å²) in [5.74, 6) is 0.607. The molecule has 59 valence electrons. The van der Waals surface area contributed by atoms with E-state index in [1.54, 1.807) is 0 Å². The Morgan fingerprint density at radius 2 is 1.91 bits per heavy atom. The molecule has 1 aromatic carbocycles.